The summed E-state index contributed by atoms with van der Waals surface area (Å²) >= 11 is 0. The van der Waals surface area contributed by atoms with Crippen molar-refractivity contribution in [1.82, 2.24) is 24.6 Å². The molecule has 0 atom stereocenters. The first kappa shape index (κ1) is 20.2. The van der Waals surface area contributed by atoms with Crippen molar-refractivity contribution in [1.29, 1.82) is 0 Å². The van der Waals surface area contributed by atoms with Gasteiger partial charge in [0, 0.05) is 61.0 Å². The molecular weight excluding hydrogens is 414 g/mol. The first-order chi connectivity index (χ1) is 15.4. The first-order valence-electron chi connectivity index (χ1n) is 10.2. The van der Waals surface area contributed by atoms with Crippen molar-refractivity contribution in [2.45, 2.75) is 33.2 Å². The minimum Gasteiger partial charge on any atom is -0.350 e. The van der Waals surface area contributed by atoms with Crippen LogP contribution in [0.5, 0.6) is 0 Å². The van der Waals surface area contributed by atoms with E-state index >= 15 is 0 Å². The molecule has 32 heavy (non-hydrogen) atoms. The van der Waals surface area contributed by atoms with Gasteiger partial charge < -0.3 is 4.90 Å². The third-order valence-corrected chi connectivity index (χ3v) is 5.75. The lowest BCUT2D eigenvalue weighted by atomic mass is 9.98. The number of aromatic nitrogens is 5. The average molecular weight is 434 g/mol. The standard InChI is InChI=1S/C23H20F2N6O/c1-13-7-19(22(24)25)28-11-17(13)15-9-16-12-30(6-4-18(16)27-10-15)23-14(2)8-20-26-5-3-21(32)31(20)29-23/h3,5,7-11,22H,4,6,12H2,1-2H3. The average Bonchev–Trinajstić information content (AvgIpc) is 2.78. The van der Waals surface area contributed by atoms with E-state index in [2.05, 4.69) is 25.0 Å². The van der Waals surface area contributed by atoms with Gasteiger partial charge >= 0.3 is 0 Å². The molecule has 0 bridgehead atoms. The number of anilines is 1. The molecule has 162 valence electrons. The van der Waals surface area contributed by atoms with E-state index in [1.165, 1.54) is 29.0 Å². The van der Waals surface area contributed by atoms with Crippen LogP contribution < -0.4 is 10.5 Å². The van der Waals surface area contributed by atoms with Gasteiger partial charge in [0.25, 0.3) is 12.0 Å². The summed E-state index contributed by atoms with van der Waals surface area (Å²) in [6.07, 6.45) is 2.87. The second-order valence-electron chi connectivity index (χ2n) is 7.93. The Labute approximate surface area is 182 Å². The van der Waals surface area contributed by atoms with Crippen LogP contribution in [0.4, 0.5) is 14.6 Å². The molecule has 4 aromatic rings. The zero-order valence-electron chi connectivity index (χ0n) is 17.6. The minimum atomic E-state index is -2.60. The number of fused-ring (bicyclic) bond motifs is 2. The fraction of sp³-hybridized carbons (Fsp3) is 0.261. The predicted octanol–water partition coefficient (Wildman–Crippen LogP) is 3.66. The van der Waals surface area contributed by atoms with Crippen LogP contribution in [0.2, 0.25) is 0 Å². The van der Waals surface area contributed by atoms with E-state index in [0.717, 1.165) is 52.3 Å². The molecular formula is C23H20F2N6O. The van der Waals surface area contributed by atoms with Gasteiger partial charge in [-0.1, -0.05) is 0 Å². The van der Waals surface area contributed by atoms with E-state index in [1.54, 1.807) is 13.1 Å². The van der Waals surface area contributed by atoms with Gasteiger partial charge in [-0.2, -0.15) is 4.52 Å². The Morgan fingerprint density at radius 2 is 1.88 bits per heavy atom. The van der Waals surface area contributed by atoms with Crippen molar-refractivity contribution in [3.63, 3.8) is 0 Å². The Bertz CT molecular complexity index is 1400. The number of alkyl halides is 2. The quantitative estimate of drug-likeness (QED) is 0.490. The summed E-state index contributed by atoms with van der Waals surface area (Å²) in [5.41, 5.74) is 5.35. The summed E-state index contributed by atoms with van der Waals surface area (Å²) in [6, 6.07) is 6.69. The molecule has 0 aliphatic carbocycles. The van der Waals surface area contributed by atoms with Crippen molar-refractivity contribution in [2.24, 2.45) is 0 Å². The van der Waals surface area contributed by atoms with Gasteiger partial charge in [0.2, 0.25) is 0 Å². The molecule has 7 nitrogen and oxygen atoms in total. The number of halogens is 2. The molecule has 0 N–H and O–H groups in total. The molecule has 1 aliphatic heterocycles. The molecule has 0 saturated carbocycles. The zero-order chi connectivity index (χ0) is 22.4. The number of hydrogen-bond donors (Lipinski definition) is 0. The van der Waals surface area contributed by atoms with E-state index in [4.69, 9.17) is 0 Å². The number of nitrogens with zero attached hydrogens (tertiary/aromatic N) is 6. The molecule has 0 saturated heterocycles. The van der Waals surface area contributed by atoms with Gasteiger partial charge in [-0.25, -0.2) is 13.8 Å². The molecule has 4 aromatic heterocycles. The molecule has 5 heterocycles. The van der Waals surface area contributed by atoms with Crippen LogP contribution in [0.15, 0.2) is 47.7 Å². The lowest BCUT2D eigenvalue weighted by Crippen LogP contribution is -2.33. The highest BCUT2D eigenvalue weighted by Crippen LogP contribution is 2.30. The Balaban J connectivity index is 1.50. The zero-order valence-corrected chi connectivity index (χ0v) is 17.6. The fourth-order valence-electron chi connectivity index (χ4n) is 4.11. The van der Waals surface area contributed by atoms with Gasteiger partial charge in [-0.3, -0.25) is 14.8 Å². The topological polar surface area (TPSA) is 76.3 Å². The van der Waals surface area contributed by atoms with Crippen LogP contribution in [0, 0.1) is 13.8 Å². The number of rotatable bonds is 3. The van der Waals surface area contributed by atoms with E-state index in [0.29, 0.717) is 12.2 Å². The molecule has 9 heteroatoms. The maximum atomic E-state index is 13.0. The third kappa shape index (κ3) is 3.49. The lowest BCUT2D eigenvalue weighted by Gasteiger charge is -2.30. The Morgan fingerprint density at radius 1 is 1.03 bits per heavy atom. The molecule has 0 radical (unpaired) electrons. The monoisotopic (exact) mass is 434 g/mol. The van der Waals surface area contributed by atoms with E-state index < -0.39 is 6.43 Å². The summed E-state index contributed by atoms with van der Waals surface area (Å²) in [5.74, 6) is 0.725. The van der Waals surface area contributed by atoms with E-state index in [9.17, 15) is 13.6 Å². The van der Waals surface area contributed by atoms with Crippen molar-refractivity contribution >= 4 is 11.5 Å². The Kier molecular flexibility index (Phi) is 4.88. The molecule has 0 fully saturated rings. The normalized spacial score (nSPS) is 13.6. The van der Waals surface area contributed by atoms with Gasteiger partial charge in [-0.15, -0.1) is 5.10 Å². The lowest BCUT2D eigenvalue weighted by molar-refractivity contribution is 0.146. The largest absolute Gasteiger partial charge is 0.350 e. The van der Waals surface area contributed by atoms with Crippen molar-refractivity contribution in [3.05, 3.63) is 81.3 Å². The first-order valence-corrected chi connectivity index (χ1v) is 10.2. The smallest absolute Gasteiger partial charge is 0.280 e. The maximum absolute atomic E-state index is 13.0. The minimum absolute atomic E-state index is 0.229. The fourth-order valence-corrected chi connectivity index (χ4v) is 4.11. The molecule has 0 amide bonds. The SMILES string of the molecule is Cc1cc(C(F)F)ncc1-c1cnc2c(c1)CN(c1nn3c(=O)ccnc3cc1C)CC2. The summed E-state index contributed by atoms with van der Waals surface area (Å²) in [4.78, 5) is 27.1. The molecule has 0 unspecified atom stereocenters. The summed E-state index contributed by atoms with van der Waals surface area (Å²) in [7, 11) is 0. The second-order valence-corrected chi connectivity index (χ2v) is 7.93. The highest BCUT2D eigenvalue weighted by molar-refractivity contribution is 5.67. The molecule has 1 aliphatic rings. The predicted molar refractivity (Wildman–Crippen MR) is 116 cm³/mol. The van der Waals surface area contributed by atoms with Crippen LogP contribution in [0.1, 0.15) is 34.5 Å². The second kappa shape index (κ2) is 7.74. The Morgan fingerprint density at radius 3 is 2.66 bits per heavy atom. The number of hydrogen-bond acceptors (Lipinski definition) is 6. The Hall–Kier alpha value is -3.75. The third-order valence-electron chi connectivity index (χ3n) is 5.75. The van der Waals surface area contributed by atoms with Crippen LogP contribution >= 0.6 is 0 Å². The van der Waals surface area contributed by atoms with E-state index in [1.807, 2.05) is 19.1 Å². The van der Waals surface area contributed by atoms with Crippen molar-refractivity contribution in [2.75, 3.05) is 11.4 Å². The van der Waals surface area contributed by atoms with Gasteiger partial charge in [0.1, 0.15) is 5.69 Å². The summed E-state index contributed by atoms with van der Waals surface area (Å²) in [5, 5.41) is 4.56. The highest BCUT2D eigenvalue weighted by Gasteiger charge is 2.22. The van der Waals surface area contributed by atoms with Crippen LogP contribution in [0.25, 0.3) is 16.8 Å². The summed E-state index contributed by atoms with van der Waals surface area (Å²) < 4.78 is 27.2. The van der Waals surface area contributed by atoms with E-state index in [-0.39, 0.29) is 11.3 Å². The number of pyridine rings is 2. The highest BCUT2D eigenvalue weighted by atomic mass is 19.3. The van der Waals surface area contributed by atoms with Gasteiger partial charge in [0.05, 0.1) is 0 Å². The molecule has 0 aromatic carbocycles. The van der Waals surface area contributed by atoms with Crippen LogP contribution in [-0.4, -0.2) is 31.1 Å². The van der Waals surface area contributed by atoms with Crippen molar-refractivity contribution < 1.29 is 8.78 Å². The van der Waals surface area contributed by atoms with Crippen molar-refractivity contribution in [3.8, 4) is 11.1 Å². The van der Waals surface area contributed by atoms with Gasteiger partial charge in [-0.05, 0) is 48.7 Å². The molecule has 5 rings (SSSR count). The van der Waals surface area contributed by atoms with Crippen LogP contribution in [-0.2, 0) is 13.0 Å². The summed E-state index contributed by atoms with van der Waals surface area (Å²) in [6.45, 7) is 5.04. The van der Waals surface area contributed by atoms with Crippen LogP contribution in [0.3, 0.4) is 0 Å². The molecule has 0 spiro atoms. The maximum Gasteiger partial charge on any atom is 0.280 e. The number of aryl methyl sites for hydroxylation is 2. The van der Waals surface area contributed by atoms with Gasteiger partial charge in [0.15, 0.2) is 11.5 Å².